The van der Waals surface area contributed by atoms with Gasteiger partial charge in [0, 0.05) is 0 Å². The number of carbonyl (C=O) groups excluding carboxylic acids is 1. The van der Waals surface area contributed by atoms with Crippen LogP contribution in [0.5, 0.6) is 0 Å². The van der Waals surface area contributed by atoms with Gasteiger partial charge in [-0.1, -0.05) is 12.1 Å². The molecule has 7 nitrogen and oxygen atoms in total. The van der Waals surface area contributed by atoms with E-state index in [0.717, 1.165) is 17.1 Å². The fraction of sp³-hybridized carbons (Fsp3) is 0.455. The summed E-state index contributed by atoms with van der Waals surface area (Å²) >= 11 is 0. The van der Waals surface area contributed by atoms with Crippen molar-refractivity contribution in [1.29, 1.82) is 0 Å². The van der Waals surface area contributed by atoms with Crippen molar-refractivity contribution in [3.63, 3.8) is 0 Å². The van der Waals surface area contributed by atoms with E-state index in [9.17, 15) is 4.79 Å². The van der Waals surface area contributed by atoms with Crippen molar-refractivity contribution >= 4 is 5.97 Å². The molecule has 96 valence electrons. The second-order valence-electron chi connectivity index (χ2n) is 3.74. The molecule has 0 radical (unpaired) electrons. The van der Waals surface area contributed by atoms with Gasteiger partial charge in [0.05, 0.1) is 19.3 Å². The van der Waals surface area contributed by atoms with Crippen molar-refractivity contribution in [3.8, 4) is 0 Å². The summed E-state index contributed by atoms with van der Waals surface area (Å²) in [6.07, 6.45) is 2.02. The van der Waals surface area contributed by atoms with Gasteiger partial charge in [-0.15, -0.1) is 5.10 Å². The molecular formula is C11H14N4O3. The Bertz CT molecular complexity index is 558. The zero-order valence-electron chi connectivity index (χ0n) is 10.5. The van der Waals surface area contributed by atoms with Gasteiger partial charge in [-0.25, -0.2) is 14.5 Å². The molecule has 0 saturated heterocycles. The number of oxazole rings is 1. The van der Waals surface area contributed by atoms with Crippen molar-refractivity contribution in [2.75, 3.05) is 7.11 Å². The maximum Gasteiger partial charge on any atom is 0.360 e. The molecule has 0 amide bonds. The molecule has 0 unspecified atom stereocenters. The zero-order chi connectivity index (χ0) is 13.1. The van der Waals surface area contributed by atoms with Crippen LogP contribution in [0.3, 0.4) is 0 Å². The van der Waals surface area contributed by atoms with Crippen LogP contribution in [0.25, 0.3) is 0 Å². The second-order valence-corrected chi connectivity index (χ2v) is 3.74. The predicted molar refractivity (Wildman–Crippen MR) is 61.1 cm³/mol. The quantitative estimate of drug-likeness (QED) is 0.752. The van der Waals surface area contributed by atoms with Crippen LogP contribution in [0.15, 0.2) is 10.8 Å². The molecule has 0 bridgehead atoms. The van der Waals surface area contributed by atoms with Gasteiger partial charge in [0.1, 0.15) is 11.5 Å². The molecule has 0 aromatic carbocycles. The van der Waals surface area contributed by atoms with Crippen LogP contribution in [-0.4, -0.2) is 33.1 Å². The number of ether oxygens (including phenoxy) is 1. The molecule has 0 spiro atoms. The van der Waals surface area contributed by atoms with Gasteiger partial charge in [-0.2, -0.15) is 0 Å². The molecule has 2 aromatic rings. The van der Waals surface area contributed by atoms with Crippen molar-refractivity contribution in [2.45, 2.75) is 26.8 Å². The minimum absolute atomic E-state index is 0.251. The molecule has 0 aliphatic heterocycles. The normalized spacial score (nSPS) is 10.6. The lowest BCUT2D eigenvalue weighted by Crippen LogP contribution is -2.10. The third-order valence-electron chi connectivity index (χ3n) is 2.70. The van der Waals surface area contributed by atoms with E-state index in [-0.39, 0.29) is 5.69 Å². The van der Waals surface area contributed by atoms with Gasteiger partial charge in [0.25, 0.3) is 0 Å². The topological polar surface area (TPSA) is 83.0 Å². The zero-order valence-corrected chi connectivity index (χ0v) is 10.5. The predicted octanol–water partition coefficient (Wildman–Crippen LogP) is 0.972. The van der Waals surface area contributed by atoms with Gasteiger partial charge in [0.15, 0.2) is 12.1 Å². The molecule has 0 aliphatic rings. The summed E-state index contributed by atoms with van der Waals surface area (Å²) in [5.41, 5.74) is 1.75. The summed E-state index contributed by atoms with van der Waals surface area (Å²) in [5.74, 6) is 0.252. The number of aryl methyl sites for hydroxylation is 1. The Kier molecular flexibility index (Phi) is 3.40. The molecule has 0 atom stereocenters. The molecule has 7 heteroatoms. The number of hydrogen-bond donors (Lipinski definition) is 0. The van der Waals surface area contributed by atoms with Crippen LogP contribution in [0, 0.1) is 6.92 Å². The third-order valence-corrected chi connectivity index (χ3v) is 2.70. The molecule has 0 saturated carbocycles. The molecule has 2 heterocycles. The van der Waals surface area contributed by atoms with E-state index in [2.05, 4.69) is 20.0 Å². The summed E-state index contributed by atoms with van der Waals surface area (Å²) in [7, 11) is 1.32. The number of carbonyl (C=O) groups is 1. The van der Waals surface area contributed by atoms with E-state index in [1.54, 1.807) is 4.68 Å². The fourth-order valence-electron chi connectivity index (χ4n) is 1.69. The number of esters is 1. The standard InChI is InChI=1S/C11H14N4O3/c1-4-9-10(11(16)17-3)13-14-15(9)5-8-7(2)18-6-12-8/h6H,4-5H2,1-3H3. The first-order valence-corrected chi connectivity index (χ1v) is 5.57. The number of methoxy groups -OCH3 is 1. The molecule has 0 N–H and O–H groups in total. The van der Waals surface area contributed by atoms with Crippen LogP contribution in [0.1, 0.15) is 34.6 Å². The highest BCUT2D eigenvalue weighted by atomic mass is 16.5. The maximum atomic E-state index is 11.5. The van der Waals surface area contributed by atoms with Crippen LogP contribution >= 0.6 is 0 Å². The molecular weight excluding hydrogens is 236 g/mol. The SMILES string of the molecule is CCc1c(C(=O)OC)nnn1Cc1ncoc1C. The van der Waals surface area contributed by atoms with Gasteiger partial charge >= 0.3 is 5.97 Å². The van der Waals surface area contributed by atoms with Gasteiger partial charge in [0.2, 0.25) is 0 Å². The Morgan fingerprint density at radius 3 is 2.89 bits per heavy atom. The molecule has 2 rings (SSSR count). The Hall–Kier alpha value is -2.18. The monoisotopic (exact) mass is 250 g/mol. The lowest BCUT2D eigenvalue weighted by Gasteiger charge is -2.03. The van der Waals surface area contributed by atoms with Gasteiger partial charge in [-0.05, 0) is 13.3 Å². The van der Waals surface area contributed by atoms with E-state index >= 15 is 0 Å². The number of hydrogen-bond acceptors (Lipinski definition) is 6. The van der Waals surface area contributed by atoms with E-state index in [1.807, 2.05) is 13.8 Å². The van der Waals surface area contributed by atoms with Gasteiger partial charge in [-0.3, -0.25) is 0 Å². The van der Waals surface area contributed by atoms with E-state index in [0.29, 0.717) is 13.0 Å². The molecule has 2 aromatic heterocycles. The number of nitrogens with zero attached hydrogens (tertiary/aromatic N) is 4. The first kappa shape index (κ1) is 12.3. The smallest absolute Gasteiger partial charge is 0.360 e. The highest BCUT2D eigenvalue weighted by Gasteiger charge is 2.19. The molecule has 0 fully saturated rings. The van der Waals surface area contributed by atoms with Crippen LogP contribution < -0.4 is 0 Å². The average Bonchev–Trinajstić information content (AvgIpc) is 2.96. The Morgan fingerprint density at radius 2 is 2.33 bits per heavy atom. The van der Waals surface area contributed by atoms with E-state index in [1.165, 1.54) is 13.5 Å². The van der Waals surface area contributed by atoms with Crippen LogP contribution in [0.2, 0.25) is 0 Å². The molecule has 18 heavy (non-hydrogen) atoms. The maximum absolute atomic E-state index is 11.5. The summed E-state index contributed by atoms with van der Waals surface area (Å²) in [6.45, 7) is 4.18. The lowest BCUT2D eigenvalue weighted by atomic mass is 10.2. The summed E-state index contributed by atoms with van der Waals surface area (Å²) in [4.78, 5) is 15.6. The van der Waals surface area contributed by atoms with Crippen LogP contribution in [-0.2, 0) is 17.7 Å². The first-order valence-electron chi connectivity index (χ1n) is 5.57. The summed E-state index contributed by atoms with van der Waals surface area (Å²) in [5, 5.41) is 7.80. The fourth-order valence-corrected chi connectivity index (χ4v) is 1.69. The second kappa shape index (κ2) is 4.99. The van der Waals surface area contributed by atoms with Crippen molar-refractivity contribution in [2.24, 2.45) is 0 Å². The summed E-state index contributed by atoms with van der Waals surface area (Å²) < 4.78 is 11.4. The minimum Gasteiger partial charge on any atom is -0.464 e. The lowest BCUT2D eigenvalue weighted by molar-refractivity contribution is 0.0592. The molecule has 0 aliphatic carbocycles. The highest BCUT2D eigenvalue weighted by molar-refractivity contribution is 5.88. The van der Waals surface area contributed by atoms with Gasteiger partial charge < -0.3 is 9.15 Å². The largest absolute Gasteiger partial charge is 0.464 e. The first-order chi connectivity index (χ1) is 8.67. The summed E-state index contributed by atoms with van der Waals surface area (Å²) in [6, 6.07) is 0. The Labute approximate surface area is 104 Å². The van der Waals surface area contributed by atoms with Crippen molar-refractivity contribution < 1.29 is 13.9 Å². The Morgan fingerprint density at radius 1 is 1.56 bits per heavy atom. The van der Waals surface area contributed by atoms with E-state index < -0.39 is 5.97 Å². The highest BCUT2D eigenvalue weighted by Crippen LogP contribution is 2.12. The van der Waals surface area contributed by atoms with Crippen molar-refractivity contribution in [3.05, 3.63) is 29.2 Å². The number of rotatable bonds is 4. The Balaban J connectivity index is 2.32. The number of aromatic nitrogens is 4. The average molecular weight is 250 g/mol. The van der Waals surface area contributed by atoms with E-state index in [4.69, 9.17) is 4.42 Å². The third kappa shape index (κ3) is 2.11. The van der Waals surface area contributed by atoms with Crippen LogP contribution in [0.4, 0.5) is 0 Å². The minimum atomic E-state index is -0.477. The van der Waals surface area contributed by atoms with Crippen molar-refractivity contribution in [1.82, 2.24) is 20.0 Å².